The summed E-state index contributed by atoms with van der Waals surface area (Å²) in [5.41, 5.74) is -0.468. The molecule has 7 nitrogen and oxygen atoms in total. The molecule has 0 aromatic carbocycles. The fraction of sp³-hybridized carbons (Fsp3) is 0.609. The highest BCUT2D eigenvalue weighted by Gasteiger charge is 2.40. The summed E-state index contributed by atoms with van der Waals surface area (Å²) in [5, 5.41) is 32.0. The van der Waals surface area contributed by atoms with Gasteiger partial charge in [0.05, 0.1) is 11.8 Å². The first-order valence-electron chi connectivity index (χ1n) is 10.5. The second-order valence-corrected chi connectivity index (χ2v) is 8.58. The number of allylic oxidation sites excluding steroid dienone is 4. The van der Waals surface area contributed by atoms with E-state index in [0.29, 0.717) is 18.8 Å². The Morgan fingerprint density at radius 1 is 1.27 bits per heavy atom. The van der Waals surface area contributed by atoms with E-state index in [-0.39, 0.29) is 30.9 Å². The molecule has 30 heavy (non-hydrogen) atoms. The van der Waals surface area contributed by atoms with Gasteiger partial charge in [0.15, 0.2) is 5.78 Å². The van der Waals surface area contributed by atoms with E-state index in [1.165, 1.54) is 17.7 Å². The number of nitrogens with one attached hydrogen (secondary N) is 1. The molecule has 0 spiro atoms. The Labute approximate surface area is 178 Å². The summed E-state index contributed by atoms with van der Waals surface area (Å²) in [7, 11) is 0. The van der Waals surface area contributed by atoms with Crippen molar-refractivity contribution in [1.29, 1.82) is 0 Å². The van der Waals surface area contributed by atoms with E-state index in [1.54, 1.807) is 6.08 Å². The smallest absolute Gasteiger partial charge is 0.303 e. The summed E-state index contributed by atoms with van der Waals surface area (Å²) in [6.45, 7) is 8.22. The van der Waals surface area contributed by atoms with Crippen LogP contribution >= 0.6 is 0 Å². The van der Waals surface area contributed by atoms with Gasteiger partial charge >= 0.3 is 5.97 Å². The lowest BCUT2D eigenvalue weighted by Gasteiger charge is -2.34. The molecule has 0 aromatic heterocycles. The number of amides is 1. The number of hydrogen-bond acceptors (Lipinski definition) is 5. The third-order valence-corrected chi connectivity index (χ3v) is 5.06. The minimum atomic E-state index is -1.67. The minimum Gasteiger partial charge on any atom is -0.481 e. The molecule has 1 aliphatic carbocycles. The van der Waals surface area contributed by atoms with Gasteiger partial charge in [-0.15, -0.1) is 0 Å². The van der Waals surface area contributed by atoms with Crippen LogP contribution in [0.1, 0.15) is 66.2 Å². The van der Waals surface area contributed by atoms with E-state index in [1.807, 2.05) is 20.8 Å². The Balaban J connectivity index is 2.71. The molecule has 4 atom stereocenters. The SMILES string of the molecule is CC(C)=C[C@H](C)C[C@H](C)/C=C/C(=O)NC1=C[C@](O)(CCCCC(=O)O)[C@@H](O)CC1=O. The van der Waals surface area contributed by atoms with Crippen LogP contribution in [0.15, 0.2) is 35.6 Å². The lowest BCUT2D eigenvalue weighted by atomic mass is 9.82. The number of carbonyl (C=O) groups excluding carboxylic acids is 2. The number of ketones is 1. The van der Waals surface area contributed by atoms with Gasteiger partial charge in [-0.2, -0.15) is 0 Å². The molecule has 0 aromatic rings. The van der Waals surface area contributed by atoms with Crippen LogP contribution in [0, 0.1) is 11.8 Å². The lowest BCUT2D eigenvalue weighted by Crippen LogP contribution is -2.47. The standard InChI is InChI=1S/C23H35NO6/c1-15(2)11-17(4)12-16(3)8-9-21(27)24-18-14-23(30,20(26)13-19(18)25)10-6-5-7-22(28)29/h8-9,11,14,16-17,20,26,30H,5-7,10,12-13H2,1-4H3,(H,24,27)(H,28,29)/b9-8+/t16-,17+,20+,23-/m1/s1. The summed E-state index contributed by atoms with van der Waals surface area (Å²) in [6.07, 6.45) is 6.61. The molecule has 1 rings (SSSR count). The monoisotopic (exact) mass is 421 g/mol. The van der Waals surface area contributed by atoms with Crippen molar-refractivity contribution in [3.8, 4) is 0 Å². The van der Waals surface area contributed by atoms with E-state index >= 15 is 0 Å². The van der Waals surface area contributed by atoms with Crippen molar-refractivity contribution in [2.75, 3.05) is 0 Å². The number of rotatable bonds is 11. The first-order chi connectivity index (χ1) is 13.9. The molecule has 0 saturated heterocycles. The third kappa shape index (κ3) is 9.05. The first kappa shape index (κ1) is 25.8. The van der Waals surface area contributed by atoms with Gasteiger partial charge in [-0.1, -0.05) is 31.6 Å². The zero-order chi connectivity index (χ0) is 22.9. The van der Waals surface area contributed by atoms with Crippen LogP contribution in [0.2, 0.25) is 0 Å². The van der Waals surface area contributed by atoms with Gasteiger partial charge in [-0.25, -0.2) is 0 Å². The molecule has 0 heterocycles. The zero-order valence-corrected chi connectivity index (χ0v) is 18.4. The first-order valence-corrected chi connectivity index (χ1v) is 10.5. The molecule has 0 bridgehead atoms. The lowest BCUT2D eigenvalue weighted by molar-refractivity contribution is -0.137. The number of aliphatic hydroxyl groups excluding tert-OH is 1. The fourth-order valence-corrected chi connectivity index (χ4v) is 3.65. The van der Waals surface area contributed by atoms with Crippen molar-refractivity contribution in [2.24, 2.45) is 11.8 Å². The second-order valence-electron chi connectivity index (χ2n) is 8.58. The Bertz CT molecular complexity index is 719. The second kappa shape index (κ2) is 11.8. The number of Topliss-reactive ketones (excluding diaryl/α,β-unsaturated/α-hetero) is 1. The number of carboxylic acid groups (broad SMARTS) is 1. The average Bonchev–Trinajstić information content (AvgIpc) is 2.61. The highest BCUT2D eigenvalue weighted by Crippen LogP contribution is 2.29. The maximum Gasteiger partial charge on any atom is 0.303 e. The molecule has 0 radical (unpaired) electrons. The summed E-state index contributed by atoms with van der Waals surface area (Å²) < 4.78 is 0. The zero-order valence-electron chi connectivity index (χ0n) is 18.4. The van der Waals surface area contributed by atoms with Gasteiger partial charge in [0.2, 0.25) is 5.91 Å². The molecule has 0 aliphatic heterocycles. The van der Waals surface area contributed by atoms with Crippen molar-refractivity contribution in [1.82, 2.24) is 5.32 Å². The number of carbonyl (C=O) groups is 3. The third-order valence-electron chi connectivity index (χ3n) is 5.06. The van der Waals surface area contributed by atoms with Crippen molar-refractivity contribution >= 4 is 17.7 Å². The van der Waals surface area contributed by atoms with E-state index in [2.05, 4.69) is 18.3 Å². The number of hydrogen-bond donors (Lipinski definition) is 4. The molecule has 4 N–H and O–H groups in total. The quantitative estimate of drug-likeness (QED) is 0.231. The molecule has 7 heteroatoms. The van der Waals surface area contributed by atoms with Crippen LogP contribution in [-0.2, 0) is 14.4 Å². The van der Waals surface area contributed by atoms with E-state index in [9.17, 15) is 24.6 Å². The number of carboxylic acids is 1. The Hall–Kier alpha value is -2.25. The van der Waals surface area contributed by atoms with E-state index < -0.39 is 29.4 Å². The van der Waals surface area contributed by atoms with Crippen molar-refractivity contribution < 1.29 is 29.7 Å². The molecule has 0 saturated carbocycles. The average molecular weight is 422 g/mol. The van der Waals surface area contributed by atoms with Crippen molar-refractivity contribution in [3.05, 3.63) is 35.6 Å². The number of aliphatic hydroxyl groups is 2. The molecular formula is C23H35NO6. The summed E-state index contributed by atoms with van der Waals surface area (Å²) in [6, 6.07) is 0. The molecular weight excluding hydrogens is 386 g/mol. The summed E-state index contributed by atoms with van der Waals surface area (Å²) >= 11 is 0. The Morgan fingerprint density at radius 2 is 1.93 bits per heavy atom. The highest BCUT2D eigenvalue weighted by molar-refractivity contribution is 6.02. The van der Waals surface area contributed by atoms with Crippen molar-refractivity contribution in [3.63, 3.8) is 0 Å². The summed E-state index contributed by atoms with van der Waals surface area (Å²) in [5.74, 6) is -1.30. The predicted octanol–water partition coefficient (Wildman–Crippen LogP) is 2.88. The van der Waals surface area contributed by atoms with Gasteiger partial charge < -0.3 is 20.6 Å². The Morgan fingerprint density at radius 3 is 2.53 bits per heavy atom. The van der Waals surface area contributed by atoms with Crippen LogP contribution in [0.5, 0.6) is 0 Å². The van der Waals surface area contributed by atoms with Crippen LogP contribution in [0.3, 0.4) is 0 Å². The van der Waals surface area contributed by atoms with Crippen LogP contribution < -0.4 is 5.32 Å². The van der Waals surface area contributed by atoms with Crippen LogP contribution in [-0.4, -0.2) is 44.7 Å². The van der Waals surface area contributed by atoms with E-state index in [0.717, 1.165) is 6.42 Å². The Kier molecular flexibility index (Phi) is 10.2. The maximum atomic E-state index is 12.2. The molecule has 168 valence electrons. The van der Waals surface area contributed by atoms with Crippen molar-refractivity contribution in [2.45, 2.75) is 77.9 Å². The largest absolute Gasteiger partial charge is 0.481 e. The maximum absolute atomic E-state index is 12.2. The van der Waals surface area contributed by atoms with Gasteiger partial charge in [-0.3, -0.25) is 14.4 Å². The number of unbranched alkanes of at least 4 members (excludes halogenated alkanes) is 1. The fourth-order valence-electron chi connectivity index (χ4n) is 3.65. The van der Waals surface area contributed by atoms with Gasteiger partial charge in [0, 0.05) is 12.8 Å². The van der Waals surface area contributed by atoms with Crippen LogP contribution in [0.25, 0.3) is 0 Å². The van der Waals surface area contributed by atoms with Gasteiger partial charge in [-0.05, 0) is 63.5 Å². The topological polar surface area (TPSA) is 124 Å². The predicted molar refractivity (Wildman–Crippen MR) is 114 cm³/mol. The molecule has 0 unspecified atom stereocenters. The number of aliphatic carboxylic acids is 1. The van der Waals surface area contributed by atoms with Gasteiger partial charge in [0.25, 0.3) is 0 Å². The highest BCUT2D eigenvalue weighted by atomic mass is 16.4. The molecule has 1 aliphatic rings. The molecule has 0 fully saturated rings. The van der Waals surface area contributed by atoms with Crippen LogP contribution in [0.4, 0.5) is 0 Å². The minimum absolute atomic E-state index is 0.0341. The molecule has 1 amide bonds. The van der Waals surface area contributed by atoms with Gasteiger partial charge in [0.1, 0.15) is 5.60 Å². The summed E-state index contributed by atoms with van der Waals surface area (Å²) in [4.78, 5) is 35.0. The normalized spacial score (nSPS) is 23.6. The van der Waals surface area contributed by atoms with E-state index in [4.69, 9.17) is 5.11 Å².